The maximum absolute atomic E-state index is 10.9. The minimum atomic E-state index is -4.07. The highest BCUT2D eigenvalue weighted by atomic mass is 32.2. The molecule has 5 N–H and O–H groups in total. The van der Waals surface area contributed by atoms with Crippen LogP contribution in [-0.2, 0) is 10.1 Å². The van der Waals surface area contributed by atoms with Gasteiger partial charge >= 0.3 is 0 Å². The molecule has 0 heterocycles. The minimum absolute atomic E-state index is 0. The van der Waals surface area contributed by atoms with Crippen molar-refractivity contribution in [2.75, 3.05) is 0 Å². The topological polar surface area (TPSA) is 117 Å². The highest BCUT2D eigenvalue weighted by molar-refractivity contribution is 7.85. The van der Waals surface area contributed by atoms with Crippen molar-refractivity contribution in [3.05, 3.63) is 28.8 Å². The molecule has 15 heavy (non-hydrogen) atoms. The zero-order valence-electron chi connectivity index (χ0n) is 8.83. The van der Waals surface area contributed by atoms with Crippen molar-refractivity contribution >= 4 is 10.1 Å². The first-order valence-corrected chi connectivity index (χ1v) is 5.31. The second-order valence-electron chi connectivity index (χ2n) is 3.18. The normalized spacial score (nSPS) is 10.1. The number of hydrogen-bond donors (Lipinski definition) is 1. The van der Waals surface area contributed by atoms with Crippen LogP contribution in [0.1, 0.15) is 16.7 Å². The third-order valence-electron chi connectivity index (χ3n) is 2.07. The Kier molecular flexibility index (Phi) is 5.74. The van der Waals surface area contributed by atoms with Gasteiger partial charge in [0.1, 0.15) is 0 Å². The Labute approximate surface area is 89.1 Å². The fourth-order valence-corrected chi connectivity index (χ4v) is 2.00. The van der Waals surface area contributed by atoms with Gasteiger partial charge in [-0.2, -0.15) is 8.42 Å². The summed E-state index contributed by atoms with van der Waals surface area (Å²) in [5, 5.41) is 0. The average molecular weight is 236 g/mol. The van der Waals surface area contributed by atoms with Crippen molar-refractivity contribution in [2.24, 2.45) is 0 Å². The van der Waals surface area contributed by atoms with Crippen LogP contribution in [0.3, 0.4) is 0 Å². The average Bonchev–Trinajstić information content (AvgIpc) is 1.94. The monoisotopic (exact) mass is 236 g/mol. The van der Waals surface area contributed by atoms with E-state index in [1.54, 1.807) is 13.0 Å². The van der Waals surface area contributed by atoms with Crippen LogP contribution in [0.15, 0.2) is 17.0 Å². The largest absolute Gasteiger partial charge is 0.412 e. The van der Waals surface area contributed by atoms with Gasteiger partial charge in [-0.15, -0.1) is 0 Å². The predicted octanol–water partition coefficient (Wildman–Crippen LogP) is 0.209. The molecule has 1 aromatic carbocycles. The summed E-state index contributed by atoms with van der Waals surface area (Å²) in [7, 11) is -4.07. The van der Waals surface area contributed by atoms with E-state index in [1.807, 2.05) is 13.8 Å². The number of aryl methyl sites for hydroxylation is 3. The molecule has 0 radical (unpaired) electrons. The van der Waals surface area contributed by atoms with Crippen molar-refractivity contribution < 1.29 is 23.9 Å². The number of hydrogen-bond acceptors (Lipinski definition) is 2. The fourth-order valence-electron chi connectivity index (χ4n) is 1.21. The van der Waals surface area contributed by atoms with Gasteiger partial charge in [0.2, 0.25) is 0 Å². The zero-order valence-corrected chi connectivity index (χ0v) is 9.64. The summed E-state index contributed by atoms with van der Waals surface area (Å²) < 4.78 is 30.6. The SMILES string of the molecule is Cc1cc(C)c(S(=O)(=O)O)cc1C.O.O. The van der Waals surface area contributed by atoms with Gasteiger partial charge in [-0.3, -0.25) is 4.55 Å². The summed E-state index contributed by atoms with van der Waals surface area (Å²) in [5.74, 6) is 0. The van der Waals surface area contributed by atoms with Crippen LogP contribution < -0.4 is 0 Å². The summed E-state index contributed by atoms with van der Waals surface area (Å²) in [6, 6.07) is 3.23. The third kappa shape index (κ3) is 3.60. The smallest absolute Gasteiger partial charge is 0.294 e. The van der Waals surface area contributed by atoms with Gasteiger partial charge < -0.3 is 11.0 Å². The molecule has 0 bridgehead atoms. The Bertz CT molecular complexity index is 436. The molecule has 0 aliphatic heterocycles. The molecule has 0 aliphatic carbocycles. The van der Waals surface area contributed by atoms with E-state index >= 15 is 0 Å². The summed E-state index contributed by atoms with van der Waals surface area (Å²) in [4.78, 5) is -0.00407. The highest BCUT2D eigenvalue weighted by Crippen LogP contribution is 2.19. The van der Waals surface area contributed by atoms with Crippen molar-refractivity contribution in [1.82, 2.24) is 0 Å². The first kappa shape index (κ1) is 16.5. The first-order chi connectivity index (χ1) is 5.82. The van der Waals surface area contributed by atoms with Gasteiger partial charge in [0, 0.05) is 0 Å². The Morgan fingerprint density at radius 3 is 1.73 bits per heavy atom. The van der Waals surface area contributed by atoms with E-state index in [2.05, 4.69) is 0 Å². The van der Waals surface area contributed by atoms with Crippen molar-refractivity contribution in [3.8, 4) is 0 Å². The Balaban J connectivity index is 0. The molecule has 88 valence electrons. The van der Waals surface area contributed by atoms with Gasteiger partial charge in [0.25, 0.3) is 10.1 Å². The zero-order chi connectivity index (χ0) is 10.2. The third-order valence-corrected chi connectivity index (χ3v) is 3.06. The highest BCUT2D eigenvalue weighted by Gasteiger charge is 2.13. The molecule has 0 amide bonds. The van der Waals surface area contributed by atoms with E-state index in [0.29, 0.717) is 5.56 Å². The molecular formula is C9H16O5S. The van der Waals surface area contributed by atoms with Crippen LogP contribution in [0, 0.1) is 20.8 Å². The number of benzene rings is 1. The Hall–Kier alpha value is -0.950. The van der Waals surface area contributed by atoms with Crippen molar-refractivity contribution in [1.29, 1.82) is 0 Å². The lowest BCUT2D eigenvalue weighted by atomic mass is 10.1. The van der Waals surface area contributed by atoms with E-state index in [4.69, 9.17) is 4.55 Å². The van der Waals surface area contributed by atoms with E-state index in [-0.39, 0.29) is 15.8 Å². The van der Waals surface area contributed by atoms with Crippen LogP contribution in [0.4, 0.5) is 0 Å². The van der Waals surface area contributed by atoms with Gasteiger partial charge in [0.15, 0.2) is 0 Å². The summed E-state index contributed by atoms with van der Waals surface area (Å²) in [6.45, 7) is 5.37. The maximum atomic E-state index is 10.9. The van der Waals surface area contributed by atoms with Gasteiger partial charge in [-0.05, 0) is 43.5 Å². The lowest BCUT2D eigenvalue weighted by molar-refractivity contribution is 0.482. The predicted molar refractivity (Wildman–Crippen MR) is 57.7 cm³/mol. The molecule has 0 saturated carbocycles. The number of rotatable bonds is 1. The first-order valence-electron chi connectivity index (χ1n) is 3.87. The van der Waals surface area contributed by atoms with Gasteiger partial charge in [-0.25, -0.2) is 0 Å². The Morgan fingerprint density at radius 2 is 1.33 bits per heavy atom. The molecule has 6 heteroatoms. The molecular weight excluding hydrogens is 220 g/mol. The fraction of sp³-hybridized carbons (Fsp3) is 0.333. The minimum Gasteiger partial charge on any atom is -0.412 e. The molecule has 0 saturated heterocycles. The van der Waals surface area contributed by atoms with E-state index in [9.17, 15) is 8.42 Å². The maximum Gasteiger partial charge on any atom is 0.294 e. The van der Waals surface area contributed by atoms with Gasteiger partial charge in [0.05, 0.1) is 4.90 Å². The molecule has 0 unspecified atom stereocenters. The molecule has 1 rings (SSSR count). The lowest BCUT2D eigenvalue weighted by Crippen LogP contribution is -2.02. The van der Waals surface area contributed by atoms with Crippen molar-refractivity contribution in [2.45, 2.75) is 25.7 Å². The standard InChI is InChI=1S/C9H12O3S.2H2O/c1-6-4-8(3)9(5-7(6)2)13(10,11)12;;/h4-5H,1-3H3,(H,10,11,12);2*1H2. The second-order valence-corrected chi connectivity index (χ2v) is 4.57. The van der Waals surface area contributed by atoms with Crippen molar-refractivity contribution in [3.63, 3.8) is 0 Å². The van der Waals surface area contributed by atoms with Crippen LogP contribution in [0.2, 0.25) is 0 Å². The van der Waals surface area contributed by atoms with E-state index in [0.717, 1.165) is 11.1 Å². The second kappa shape index (κ2) is 5.22. The summed E-state index contributed by atoms with van der Waals surface area (Å²) in [6.07, 6.45) is 0. The molecule has 5 nitrogen and oxygen atoms in total. The molecule has 0 spiro atoms. The lowest BCUT2D eigenvalue weighted by Gasteiger charge is -2.06. The van der Waals surface area contributed by atoms with E-state index < -0.39 is 10.1 Å². The Morgan fingerprint density at radius 1 is 0.933 bits per heavy atom. The molecule has 1 aromatic rings. The van der Waals surface area contributed by atoms with E-state index in [1.165, 1.54) is 6.07 Å². The van der Waals surface area contributed by atoms with Crippen LogP contribution in [0.25, 0.3) is 0 Å². The molecule has 0 aliphatic rings. The van der Waals surface area contributed by atoms with Crippen LogP contribution in [-0.4, -0.2) is 23.9 Å². The van der Waals surface area contributed by atoms with Crippen LogP contribution in [0.5, 0.6) is 0 Å². The molecule has 0 atom stereocenters. The summed E-state index contributed by atoms with van der Waals surface area (Å²) >= 11 is 0. The quantitative estimate of drug-likeness (QED) is 0.702. The van der Waals surface area contributed by atoms with Gasteiger partial charge in [-0.1, -0.05) is 6.07 Å². The summed E-state index contributed by atoms with van der Waals surface area (Å²) in [5.41, 5.74) is 2.45. The van der Waals surface area contributed by atoms with Crippen LogP contribution >= 0.6 is 0 Å². The molecule has 0 fully saturated rings. The molecule has 0 aromatic heterocycles.